The number of alkyl halides is 3. The topological polar surface area (TPSA) is 82.8 Å². The molecule has 1 aliphatic carbocycles. The fraction of sp³-hybridized carbons (Fsp3) is 0.389. The maximum atomic E-state index is 13.0. The summed E-state index contributed by atoms with van der Waals surface area (Å²) in [5.74, 6) is 0.721. The maximum Gasteiger partial charge on any atom is 0.416 e. The average molecular weight is 377 g/mol. The molecule has 0 saturated heterocycles. The first-order chi connectivity index (χ1) is 12.8. The third kappa shape index (κ3) is 3.12. The molecule has 142 valence electrons. The summed E-state index contributed by atoms with van der Waals surface area (Å²) in [6.07, 6.45) is 0.728. The number of nitrogens with two attached hydrogens (primary N) is 1. The molecule has 0 amide bonds. The summed E-state index contributed by atoms with van der Waals surface area (Å²) in [5, 5.41) is 8.22. The zero-order chi connectivity index (χ0) is 19.2. The van der Waals surface area contributed by atoms with E-state index in [-0.39, 0.29) is 5.89 Å². The summed E-state index contributed by atoms with van der Waals surface area (Å²) in [6, 6.07) is 4.99. The Bertz CT molecular complexity index is 970. The highest BCUT2D eigenvalue weighted by Crippen LogP contribution is 2.36. The van der Waals surface area contributed by atoms with Crippen LogP contribution < -0.4 is 5.73 Å². The molecule has 4 rings (SSSR count). The van der Waals surface area contributed by atoms with Gasteiger partial charge in [-0.15, -0.1) is 0 Å². The second-order valence-corrected chi connectivity index (χ2v) is 6.89. The Balaban J connectivity index is 1.69. The van der Waals surface area contributed by atoms with Crippen molar-refractivity contribution in [3.63, 3.8) is 0 Å². The van der Waals surface area contributed by atoms with Crippen LogP contribution in [0.15, 0.2) is 35.0 Å². The first kappa shape index (κ1) is 17.7. The number of rotatable bonds is 3. The van der Waals surface area contributed by atoms with E-state index >= 15 is 0 Å². The number of benzene rings is 1. The van der Waals surface area contributed by atoms with Gasteiger partial charge in [0, 0.05) is 0 Å². The summed E-state index contributed by atoms with van der Waals surface area (Å²) in [6.45, 7) is 1.74. The molecule has 2 heterocycles. The van der Waals surface area contributed by atoms with E-state index < -0.39 is 17.3 Å². The van der Waals surface area contributed by atoms with Gasteiger partial charge in [0.2, 0.25) is 0 Å². The van der Waals surface area contributed by atoms with E-state index in [4.69, 9.17) is 10.3 Å². The van der Waals surface area contributed by atoms with Crippen molar-refractivity contribution in [3.05, 3.63) is 47.5 Å². The molecule has 1 fully saturated rings. The van der Waals surface area contributed by atoms with Gasteiger partial charge in [0.05, 0.1) is 34.2 Å². The van der Waals surface area contributed by atoms with Crippen molar-refractivity contribution in [2.45, 2.75) is 44.3 Å². The van der Waals surface area contributed by atoms with Crippen molar-refractivity contribution in [1.82, 2.24) is 19.9 Å². The van der Waals surface area contributed by atoms with Crippen LogP contribution in [-0.4, -0.2) is 19.9 Å². The van der Waals surface area contributed by atoms with Crippen LogP contribution in [0.1, 0.15) is 42.8 Å². The van der Waals surface area contributed by atoms with Gasteiger partial charge in [0.1, 0.15) is 0 Å². The third-order valence-electron chi connectivity index (χ3n) is 5.03. The first-order valence-corrected chi connectivity index (χ1v) is 8.64. The van der Waals surface area contributed by atoms with Crippen LogP contribution >= 0.6 is 0 Å². The van der Waals surface area contributed by atoms with Crippen molar-refractivity contribution < 1.29 is 17.7 Å². The first-order valence-electron chi connectivity index (χ1n) is 8.64. The van der Waals surface area contributed by atoms with E-state index in [1.807, 2.05) is 0 Å². The molecular formula is C18H18F3N5O. The predicted octanol–water partition coefficient (Wildman–Crippen LogP) is 3.98. The summed E-state index contributed by atoms with van der Waals surface area (Å²) in [4.78, 5) is 4.42. The van der Waals surface area contributed by atoms with Gasteiger partial charge in [-0.05, 0) is 38.0 Å². The molecule has 6 nitrogen and oxygen atoms in total. The Morgan fingerprint density at radius 3 is 2.67 bits per heavy atom. The standard InChI is InChI=1S/C18H18F3N5O/c1-11-14(15-24-16(25-27-15)17(22)7-2-3-8-17)10-23-26(11)13-6-4-5-12(9-13)18(19,20)21/h4-6,9-10H,2-3,7-8,22H2,1H3. The number of hydrogen-bond donors (Lipinski definition) is 1. The van der Waals surface area contributed by atoms with E-state index in [0.29, 0.717) is 22.8 Å². The number of nitrogens with zero attached hydrogens (tertiary/aromatic N) is 4. The van der Waals surface area contributed by atoms with Gasteiger partial charge >= 0.3 is 6.18 Å². The molecule has 3 aromatic rings. The fourth-order valence-electron chi connectivity index (χ4n) is 3.46. The maximum absolute atomic E-state index is 13.0. The van der Waals surface area contributed by atoms with Crippen molar-refractivity contribution >= 4 is 0 Å². The molecule has 27 heavy (non-hydrogen) atoms. The lowest BCUT2D eigenvalue weighted by Crippen LogP contribution is -2.34. The molecule has 0 radical (unpaired) electrons. The molecule has 2 aromatic heterocycles. The molecule has 9 heteroatoms. The van der Waals surface area contributed by atoms with Gasteiger partial charge in [-0.25, -0.2) is 4.68 Å². The largest absolute Gasteiger partial charge is 0.416 e. The average Bonchev–Trinajstić information content (AvgIpc) is 3.34. The minimum atomic E-state index is -4.42. The second-order valence-electron chi connectivity index (χ2n) is 6.89. The highest BCUT2D eigenvalue weighted by molar-refractivity contribution is 5.57. The molecule has 1 saturated carbocycles. The van der Waals surface area contributed by atoms with Crippen LogP contribution in [0.3, 0.4) is 0 Å². The molecule has 0 aliphatic heterocycles. The SMILES string of the molecule is Cc1c(-c2nc(C3(N)CCCC3)no2)cnn1-c1cccc(C(F)(F)F)c1. The monoisotopic (exact) mass is 377 g/mol. The summed E-state index contributed by atoms with van der Waals surface area (Å²) < 4.78 is 45.7. The van der Waals surface area contributed by atoms with Gasteiger partial charge < -0.3 is 10.3 Å². The molecule has 1 aromatic carbocycles. The lowest BCUT2D eigenvalue weighted by atomic mass is 9.99. The highest BCUT2D eigenvalue weighted by Gasteiger charge is 2.36. The Hall–Kier alpha value is -2.68. The highest BCUT2D eigenvalue weighted by atomic mass is 19.4. The summed E-state index contributed by atoms with van der Waals surface area (Å²) in [7, 11) is 0. The van der Waals surface area contributed by atoms with Gasteiger partial charge in [-0.1, -0.05) is 24.1 Å². The minimum Gasteiger partial charge on any atom is -0.334 e. The Kier molecular flexibility index (Phi) is 4.06. The number of hydrogen-bond acceptors (Lipinski definition) is 5. The van der Waals surface area contributed by atoms with E-state index in [1.54, 1.807) is 13.0 Å². The zero-order valence-corrected chi connectivity index (χ0v) is 14.6. The van der Waals surface area contributed by atoms with Crippen LogP contribution in [0.2, 0.25) is 0 Å². The minimum absolute atomic E-state index is 0.262. The van der Waals surface area contributed by atoms with Crippen LogP contribution in [0.25, 0.3) is 17.1 Å². The zero-order valence-electron chi connectivity index (χ0n) is 14.6. The molecule has 1 aliphatic rings. The van der Waals surface area contributed by atoms with Crippen molar-refractivity contribution in [1.29, 1.82) is 0 Å². The Morgan fingerprint density at radius 2 is 1.96 bits per heavy atom. The molecule has 0 unspecified atom stereocenters. The summed E-state index contributed by atoms with van der Waals surface area (Å²) in [5.41, 5.74) is 6.51. The van der Waals surface area contributed by atoms with Crippen LogP contribution in [0, 0.1) is 6.92 Å². The van der Waals surface area contributed by atoms with Crippen LogP contribution in [0.5, 0.6) is 0 Å². The fourth-order valence-corrected chi connectivity index (χ4v) is 3.46. The quantitative estimate of drug-likeness (QED) is 0.747. The van der Waals surface area contributed by atoms with Gasteiger partial charge in [-0.2, -0.15) is 23.3 Å². The van der Waals surface area contributed by atoms with Crippen molar-refractivity contribution in [2.75, 3.05) is 0 Å². The van der Waals surface area contributed by atoms with E-state index in [1.165, 1.54) is 16.9 Å². The second kappa shape index (κ2) is 6.19. The lowest BCUT2D eigenvalue weighted by Gasteiger charge is -2.17. The van der Waals surface area contributed by atoms with E-state index in [0.717, 1.165) is 37.8 Å². The molecule has 0 atom stereocenters. The number of halogens is 3. The molecule has 0 spiro atoms. The van der Waals surface area contributed by atoms with Crippen molar-refractivity contribution in [2.24, 2.45) is 5.73 Å². The Morgan fingerprint density at radius 1 is 1.22 bits per heavy atom. The van der Waals surface area contributed by atoms with Gasteiger partial charge in [-0.3, -0.25) is 0 Å². The van der Waals surface area contributed by atoms with Crippen LogP contribution in [0.4, 0.5) is 13.2 Å². The molecule has 2 N–H and O–H groups in total. The van der Waals surface area contributed by atoms with Crippen molar-refractivity contribution in [3.8, 4) is 17.1 Å². The normalized spacial score (nSPS) is 16.8. The van der Waals surface area contributed by atoms with E-state index in [9.17, 15) is 13.2 Å². The molecule has 0 bridgehead atoms. The summed E-state index contributed by atoms with van der Waals surface area (Å²) >= 11 is 0. The van der Waals surface area contributed by atoms with Gasteiger partial charge in [0.25, 0.3) is 5.89 Å². The third-order valence-corrected chi connectivity index (χ3v) is 5.03. The van der Waals surface area contributed by atoms with Gasteiger partial charge in [0.15, 0.2) is 5.82 Å². The van der Waals surface area contributed by atoms with E-state index in [2.05, 4.69) is 15.2 Å². The molecular weight excluding hydrogens is 359 g/mol. The smallest absolute Gasteiger partial charge is 0.334 e. The Labute approximate surface area is 153 Å². The number of aromatic nitrogens is 4. The van der Waals surface area contributed by atoms with Crippen LogP contribution in [-0.2, 0) is 11.7 Å². The lowest BCUT2D eigenvalue weighted by molar-refractivity contribution is -0.137. The predicted molar refractivity (Wildman–Crippen MR) is 90.9 cm³/mol.